The van der Waals surface area contributed by atoms with Crippen molar-refractivity contribution in [1.82, 2.24) is 10.3 Å². The first-order valence-electron chi connectivity index (χ1n) is 5.95. The van der Waals surface area contributed by atoms with Gasteiger partial charge in [0, 0.05) is 28.8 Å². The number of alkyl carbamates (subject to hydrolysis) is 1. The highest BCUT2D eigenvalue weighted by molar-refractivity contribution is 9.10. The maximum absolute atomic E-state index is 11.6. The van der Waals surface area contributed by atoms with Crippen molar-refractivity contribution in [2.24, 2.45) is 0 Å². The van der Waals surface area contributed by atoms with Gasteiger partial charge < -0.3 is 10.1 Å². The fraction of sp³-hybridized carbons (Fsp3) is 0.538. The Morgan fingerprint density at radius 3 is 2.83 bits per heavy atom. The van der Waals surface area contributed by atoms with Crippen molar-refractivity contribution in [3.63, 3.8) is 0 Å². The fourth-order valence-corrected chi connectivity index (χ4v) is 2.20. The molecule has 1 aliphatic rings. The van der Waals surface area contributed by atoms with Crippen LogP contribution in [0.25, 0.3) is 0 Å². The van der Waals surface area contributed by atoms with E-state index >= 15 is 0 Å². The maximum Gasteiger partial charge on any atom is 0.407 e. The summed E-state index contributed by atoms with van der Waals surface area (Å²) < 4.78 is 6.18. The molecule has 1 aromatic heterocycles. The molecule has 0 bridgehead atoms. The number of hydrogen-bond donors (Lipinski definition) is 1. The Labute approximate surface area is 115 Å². The third-order valence-electron chi connectivity index (χ3n) is 2.65. The van der Waals surface area contributed by atoms with E-state index in [0.717, 1.165) is 16.5 Å². The zero-order valence-electron chi connectivity index (χ0n) is 10.7. The summed E-state index contributed by atoms with van der Waals surface area (Å²) in [6, 6.07) is 2.20. The number of hydrogen-bond acceptors (Lipinski definition) is 3. The Balaban J connectivity index is 1.87. The van der Waals surface area contributed by atoms with E-state index in [9.17, 15) is 4.79 Å². The first-order valence-corrected chi connectivity index (χ1v) is 6.74. The number of halogens is 1. The molecule has 2 atom stereocenters. The number of carbonyl (C=O) groups excluding carboxylic acids is 1. The van der Waals surface area contributed by atoms with Crippen LogP contribution in [0.4, 0.5) is 4.79 Å². The number of pyridine rings is 1. The third kappa shape index (κ3) is 3.70. The molecule has 1 N–H and O–H groups in total. The van der Waals surface area contributed by atoms with Gasteiger partial charge in [0.25, 0.3) is 0 Å². The van der Waals surface area contributed by atoms with Crippen LogP contribution < -0.4 is 5.32 Å². The molecule has 1 fully saturated rings. The van der Waals surface area contributed by atoms with Crippen LogP contribution in [0, 0.1) is 0 Å². The van der Waals surface area contributed by atoms with Crippen LogP contribution in [0.1, 0.15) is 38.7 Å². The van der Waals surface area contributed by atoms with Crippen molar-refractivity contribution < 1.29 is 9.53 Å². The minimum Gasteiger partial charge on any atom is -0.444 e. The summed E-state index contributed by atoms with van der Waals surface area (Å²) in [6.07, 6.45) is 4.18. The molecule has 0 aliphatic heterocycles. The highest BCUT2D eigenvalue weighted by atomic mass is 79.9. The van der Waals surface area contributed by atoms with Crippen LogP contribution in [0.5, 0.6) is 0 Å². The molecule has 1 heterocycles. The average molecular weight is 313 g/mol. The monoisotopic (exact) mass is 312 g/mol. The highest BCUT2D eigenvalue weighted by Gasteiger charge is 2.40. The van der Waals surface area contributed by atoms with Gasteiger partial charge >= 0.3 is 6.09 Å². The summed E-state index contributed by atoms with van der Waals surface area (Å²) in [5, 5.41) is 2.87. The summed E-state index contributed by atoms with van der Waals surface area (Å²) in [5.41, 5.74) is 0.691. The first-order chi connectivity index (χ1) is 8.35. The molecule has 1 amide bonds. The molecule has 0 aromatic carbocycles. The Morgan fingerprint density at radius 2 is 2.22 bits per heavy atom. The average Bonchev–Trinajstić information content (AvgIpc) is 2.93. The zero-order valence-corrected chi connectivity index (χ0v) is 12.3. The number of nitrogens with zero attached hydrogens (tertiary/aromatic N) is 1. The van der Waals surface area contributed by atoms with Crippen LogP contribution in [-0.4, -0.2) is 22.7 Å². The second kappa shape index (κ2) is 4.88. The predicted molar refractivity (Wildman–Crippen MR) is 72.5 cm³/mol. The minimum absolute atomic E-state index is 0.163. The zero-order chi connectivity index (χ0) is 13.3. The number of amides is 1. The van der Waals surface area contributed by atoms with Crippen LogP contribution in [0.3, 0.4) is 0 Å². The van der Waals surface area contributed by atoms with Gasteiger partial charge in [-0.1, -0.05) is 0 Å². The Bertz CT molecular complexity index is 457. The predicted octanol–water partition coefficient (Wildman–Crippen LogP) is 3.22. The molecule has 1 aliphatic carbocycles. The van der Waals surface area contributed by atoms with Gasteiger partial charge in [-0.25, -0.2) is 4.79 Å². The number of ether oxygens (including phenoxy) is 1. The molecule has 18 heavy (non-hydrogen) atoms. The lowest BCUT2D eigenvalue weighted by Crippen LogP contribution is -2.34. The molecule has 0 radical (unpaired) electrons. The molecule has 0 spiro atoms. The second-order valence-electron chi connectivity index (χ2n) is 5.53. The molecular weight excluding hydrogens is 296 g/mol. The maximum atomic E-state index is 11.6. The quantitative estimate of drug-likeness (QED) is 0.912. The number of aromatic nitrogens is 1. The van der Waals surface area contributed by atoms with E-state index in [1.54, 1.807) is 6.20 Å². The normalized spacial score (nSPS) is 22.4. The van der Waals surface area contributed by atoms with Gasteiger partial charge in [-0.15, -0.1) is 0 Å². The molecule has 98 valence electrons. The molecule has 0 unspecified atom stereocenters. The summed E-state index contributed by atoms with van der Waals surface area (Å²) >= 11 is 3.39. The van der Waals surface area contributed by atoms with E-state index in [-0.39, 0.29) is 12.1 Å². The summed E-state index contributed by atoms with van der Waals surface area (Å²) in [5.74, 6) is 0.350. The minimum atomic E-state index is -0.453. The smallest absolute Gasteiger partial charge is 0.407 e. The lowest BCUT2D eigenvalue weighted by molar-refractivity contribution is 0.0523. The summed E-state index contributed by atoms with van der Waals surface area (Å²) in [4.78, 5) is 15.7. The van der Waals surface area contributed by atoms with Gasteiger partial charge in [0.1, 0.15) is 5.60 Å². The summed E-state index contributed by atoms with van der Waals surface area (Å²) in [6.45, 7) is 5.57. The van der Waals surface area contributed by atoms with Crippen molar-refractivity contribution in [2.45, 2.75) is 44.8 Å². The molecule has 4 nitrogen and oxygen atoms in total. The number of carbonyl (C=O) groups is 1. The lowest BCUT2D eigenvalue weighted by Gasteiger charge is -2.19. The standard InChI is InChI=1S/C13H17BrN2O2/c1-13(2,3)18-12(17)16-11-5-10(11)8-4-9(14)7-15-6-8/h4,6-7,10-11H,5H2,1-3H3,(H,16,17)/t10-,11+/m1/s1. The second-order valence-corrected chi connectivity index (χ2v) is 6.45. The largest absolute Gasteiger partial charge is 0.444 e. The third-order valence-corrected chi connectivity index (χ3v) is 3.08. The van der Waals surface area contributed by atoms with Gasteiger partial charge in [0.15, 0.2) is 0 Å². The SMILES string of the molecule is CC(C)(C)OC(=O)N[C@H]1C[C@@H]1c1cncc(Br)c1. The van der Waals surface area contributed by atoms with Crippen molar-refractivity contribution in [1.29, 1.82) is 0 Å². The lowest BCUT2D eigenvalue weighted by atomic mass is 10.2. The van der Waals surface area contributed by atoms with E-state index in [1.807, 2.05) is 33.0 Å². The summed E-state index contributed by atoms with van der Waals surface area (Å²) in [7, 11) is 0. The van der Waals surface area contributed by atoms with Crippen LogP contribution in [-0.2, 0) is 4.74 Å². The van der Waals surface area contributed by atoms with Crippen LogP contribution >= 0.6 is 15.9 Å². The molecule has 0 saturated heterocycles. The van der Waals surface area contributed by atoms with Crippen molar-refractivity contribution in [2.75, 3.05) is 0 Å². The highest BCUT2D eigenvalue weighted by Crippen LogP contribution is 2.41. The Hall–Kier alpha value is -1.10. The van der Waals surface area contributed by atoms with Crippen LogP contribution in [0.2, 0.25) is 0 Å². The Morgan fingerprint density at radius 1 is 1.50 bits per heavy atom. The first kappa shape index (κ1) is 13.3. The van der Waals surface area contributed by atoms with Crippen LogP contribution in [0.15, 0.2) is 22.9 Å². The van der Waals surface area contributed by atoms with E-state index in [1.165, 1.54) is 0 Å². The van der Waals surface area contributed by atoms with Gasteiger partial charge in [-0.05, 0) is 54.8 Å². The Kier molecular flexibility index (Phi) is 3.61. The van der Waals surface area contributed by atoms with Gasteiger partial charge in [-0.3, -0.25) is 4.98 Å². The molecule has 5 heteroatoms. The number of nitrogens with one attached hydrogen (secondary N) is 1. The van der Waals surface area contributed by atoms with E-state index in [4.69, 9.17) is 4.74 Å². The van der Waals surface area contributed by atoms with E-state index in [0.29, 0.717) is 5.92 Å². The topological polar surface area (TPSA) is 51.2 Å². The van der Waals surface area contributed by atoms with Gasteiger partial charge in [0.2, 0.25) is 0 Å². The van der Waals surface area contributed by atoms with E-state index < -0.39 is 5.60 Å². The van der Waals surface area contributed by atoms with Gasteiger partial charge in [0.05, 0.1) is 0 Å². The van der Waals surface area contributed by atoms with Crippen molar-refractivity contribution in [3.8, 4) is 0 Å². The number of rotatable bonds is 2. The van der Waals surface area contributed by atoms with E-state index in [2.05, 4.69) is 26.2 Å². The molecular formula is C13H17BrN2O2. The van der Waals surface area contributed by atoms with Crippen molar-refractivity contribution >= 4 is 22.0 Å². The fourth-order valence-electron chi connectivity index (χ4n) is 1.81. The molecule has 2 rings (SSSR count). The molecule has 1 saturated carbocycles. The van der Waals surface area contributed by atoms with Crippen molar-refractivity contribution in [3.05, 3.63) is 28.5 Å². The van der Waals surface area contributed by atoms with Gasteiger partial charge in [-0.2, -0.15) is 0 Å². The molecule has 1 aromatic rings.